The highest BCUT2D eigenvalue weighted by molar-refractivity contribution is 5.77. The van der Waals surface area contributed by atoms with Crippen LogP contribution in [-0.4, -0.2) is 10.5 Å². The van der Waals surface area contributed by atoms with Crippen LogP contribution in [0.5, 0.6) is 0 Å². The summed E-state index contributed by atoms with van der Waals surface area (Å²) in [6.07, 6.45) is -3.53. The molecule has 0 saturated heterocycles. The lowest BCUT2D eigenvalue weighted by atomic mass is 9.95. The summed E-state index contributed by atoms with van der Waals surface area (Å²) in [5.74, 6) is -0.790. The number of carbonyl (C=O) groups is 1. The van der Waals surface area contributed by atoms with Crippen LogP contribution < -0.4 is 5.73 Å². The molecule has 1 aliphatic heterocycles. The Morgan fingerprint density at radius 3 is 2.71 bits per heavy atom. The van der Waals surface area contributed by atoms with Crippen molar-refractivity contribution in [3.8, 4) is 0 Å². The summed E-state index contributed by atoms with van der Waals surface area (Å²) in [5, 5.41) is 0. The van der Waals surface area contributed by atoms with E-state index in [0.29, 0.717) is 25.1 Å². The lowest BCUT2D eigenvalue weighted by Crippen LogP contribution is -2.30. The van der Waals surface area contributed by atoms with E-state index in [0.717, 1.165) is 6.07 Å². The number of fused-ring (bicyclic) bond motifs is 1. The summed E-state index contributed by atoms with van der Waals surface area (Å²) < 4.78 is 39.7. The van der Waals surface area contributed by atoms with Crippen LogP contribution in [0.4, 0.5) is 13.2 Å². The molecule has 0 saturated carbocycles. The zero-order valence-corrected chi connectivity index (χ0v) is 9.34. The Morgan fingerprint density at radius 2 is 2.18 bits per heavy atom. The summed E-state index contributed by atoms with van der Waals surface area (Å²) in [4.78, 5) is 11.0. The molecule has 1 amide bonds. The van der Waals surface area contributed by atoms with Crippen molar-refractivity contribution in [2.45, 2.75) is 32.5 Å². The van der Waals surface area contributed by atoms with Gasteiger partial charge in [-0.1, -0.05) is 0 Å². The van der Waals surface area contributed by atoms with E-state index in [-0.39, 0.29) is 11.6 Å². The molecule has 3 nitrogen and oxygen atoms in total. The molecule has 17 heavy (non-hydrogen) atoms. The molecule has 2 heterocycles. The number of nitrogens with zero attached hydrogens (tertiary/aromatic N) is 1. The van der Waals surface area contributed by atoms with Gasteiger partial charge >= 0.3 is 6.18 Å². The second kappa shape index (κ2) is 3.78. The minimum atomic E-state index is -4.34. The minimum absolute atomic E-state index is 0.218. The molecule has 1 unspecified atom stereocenters. The Hall–Kier alpha value is -1.46. The van der Waals surface area contributed by atoms with Crippen molar-refractivity contribution in [2.75, 3.05) is 0 Å². The van der Waals surface area contributed by atoms with E-state index >= 15 is 0 Å². The third-order valence-electron chi connectivity index (χ3n) is 3.32. The second-order valence-corrected chi connectivity index (χ2v) is 4.38. The van der Waals surface area contributed by atoms with E-state index in [2.05, 4.69) is 0 Å². The van der Waals surface area contributed by atoms with Gasteiger partial charge in [-0.2, -0.15) is 13.2 Å². The van der Waals surface area contributed by atoms with E-state index in [1.807, 2.05) is 0 Å². The molecule has 0 aromatic carbocycles. The summed E-state index contributed by atoms with van der Waals surface area (Å²) in [6.45, 7) is 1.88. The maximum Gasteiger partial charge on any atom is 0.418 e. The van der Waals surface area contributed by atoms with Gasteiger partial charge in [-0.3, -0.25) is 4.79 Å². The van der Waals surface area contributed by atoms with Crippen molar-refractivity contribution >= 4 is 5.91 Å². The van der Waals surface area contributed by atoms with Gasteiger partial charge in [0.2, 0.25) is 5.91 Å². The van der Waals surface area contributed by atoms with E-state index in [4.69, 9.17) is 5.73 Å². The standard InChI is InChI=1S/C11H13F3N2O/c1-6-9(11(12,13)14)5-8-4-7(10(15)17)2-3-16(6)8/h5,7H,2-4H2,1H3,(H2,15,17). The molecule has 2 N–H and O–H groups in total. The van der Waals surface area contributed by atoms with E-state index in [1.54, 1.807) is 4.57 Å². The number of carbonyl (C=O) groups excluding carboxylic acids is 1. The molecule has 0 fully saturated rings. The number of aromatic nitrogens is 1. The zero-order valence-electron chi connectivity index (χ0n) is 9.34. The highest BCUT2D eigenvalue weighted by Gasteiger charge is 2.36. The van der Waals surface area contributed by atoms with Crippen molar-refractivity contribution < 1.29 is 18.0 Å². The molecule has 0 spiro atoms. The number of amides is 1. The predicted molar refractivity (Wildman–Crippen MR) is 55.2 cm³/mol. The third-order valence-corrected chi connectivity index (χ3v) is 3.32. The number of hydrogen-bond acceptors (Lipinski definition) is 1. The van der Waals surface area contributed by atoms with Crippen LogP contribution >= 0.6 is 0 Å². The number of primary amides is 1. The quantitative estimate of drug-likeness (QED) is 0.807. The van der Waals surface area contributed by atoms with E-state index in [1.165, 1.54) is 6.92 Å². The first-order valence-electron chi connectivity index (χ1n) is 5.36. The molecule has 0 aliphatic carbocycles. The molecule has 94 valence electrons. The molecule has 2 rings (SSSR count). The first-order chi connectivity index (χ1) is 7.80. The van der Waals surface area contributed by atoms with Crippen molar-refractivity contribution in [1.29, 1.82) is 0 Å². The minimum Gasteiger partial charge on any atom is -0.369 e. The van der Waals surface area contributed by atoms with E-state index < -0.39 is 17.6 Å². The van der Waals surface area contributed by atoms with Crippen molar-refractivity contribution in [3.05, 3.63) is 23.0 Å². The molecule has 1 atom stereocenters. The fourth-order valence-corrected chi connectivity index (χ4v) is 2.36. The smallest absolute Gasteiger partial charge is 0.369 e. The highest BCUT2D eigenvalue weighted by Crippen LogP contribution is 2.36. The third kappa shape index (κ3) is 2.03. The fourth-order valence-electron chi connectivity index (χ4n) is 2.36. The lowest BCUT2D eigenvalue weighted by Gasteiger charge is -2.22. The molecule has 1 aliphatic rings. The summed E-state index contributed by atoms with van der Waals surface area (Å²) >= 11 is 0. The normalized spacial score (nSPS) is 20.1. The monoisotopic (exact) mass is 246 g/mol. The maximum atomic E-state index is 12.7. The van der Waals surface area contributed by atoms with Crippen molar-refractivity contribution in [2.24, 2.45) is 11.7 Å². The predicted octanol–water partition coefficient (Wildman–Crippen LogP) is 1.86. The molecule has 0 radical (unpaired) electrons. The van der Waals surface area contributed by atoms with Gasteiger partial charge in [-0.05, 0) is 25.8 Å². The lowest BCUT2D eigenvalue weighted by molar-refractivity contribution is -0.138. The Kier molecular flexibility index (Phi) is 2.67. The van der Waals surface area contributed by atoms with Crippen LogP contribution in [0.15, 0.2) is 6.07 Å². The van der Waals surface area contributed by atoms with Gasteiger partial charge in [0.1, 0.15) is 0 Å². The number of nitrogens with two attached hydrogens (primary N) is 1. The van der Waals surface area contributed by atoms with Crippen molar-refractivity contribution in [3.63, 3.8) is 0 Å². The molecule has 1 aromatic rings. The second-order valence-electron chi connectivity index (χ2n) is 4.38. The van der Waals surface area contributed by atoms with Crippen LogP contribution in [0.25, 0.3) is 0 Å². The van der Waals surface area contributed by atoms with Gasteiger partial charge in [-0.25, -0.2) is 0 Å². The van der Waals surface area contributed by atoms with Gasteiger partial charge in [0, 0.05) is 23.9 Å². The Morgan fingerprint density at radius 1 is 1.53 bits per heavy atom. The maximum absolute atomic E-state index is 12.7. The van der Waals surface area contributed by atoms with Crippen LogP contribution in [0, 0.1) is 12.8 Å². The van der Waals surface area contributed by atoms with Gasteiger partial charge in [-0.15, -0.1) is 0 Å². The van der Waals surface area contributed by atoms with Crippen LogP contribution in [0.3, 0.4) is 0 Å². The number of alkyl halides is 3. The topological polar surface area (TPSA) is 48.0 Å². The fraction of sp³-hybridized carbons (Fsp3) is 0.545. The molecular weight excluding hydrogens is 233 g/mol. The van der Waals surface area contributed by atoms with E-state index in [9.17, 15) is 18.0 Å². The summed E-state index contributed by atoms with van der Waals surface area (Å²) in [5.41, 5.74) is 5.34. The number of rotatable bonds is 1. The molecule has 6 heteroatoms. The van der Waals surface area contributed by atoms with Crippen molar-refractivity contribution in [1.82, 2.24) is 4.57 Å². The SMILES string of the molecule is Cc1c(C(F)(F)F)cc2n1CCC(C(N)=O)C2. The molecule has 1 aromatic heterocycles. The molecule has 0 bridgehead atoms. The first-order valence-corrected chi connectivity index (χ1v) is 5.36. The summed E-state index contributed by atoms with van der Waals surface area (Å²) in [6, 6.07) is 1.13. The average Bonchev–Trinajstić information content (AvgIpc) is 2.55. The van der Waals surface area contributed by atoms with Gasteiger partial charge in [0.25, 0.3) is 0 Å². The number of halogens is 3. The summed E-state index contributed by atoms with van der Waals surface area (Å²) in [7, 11) is 0. The molecular formula is C11H13F3N2O. The van der Waals surface area contributed by atoms with Gasteiger partial charge < -0.3 is 10.3 Å². The Bertz CT molecular complexity index is 462. The average molecular weight is 246 g/mol. The zero-order chi connectivity index (χ0) is 12.8. The van der Waals surface area contributed by atoms with Crippen LogP contribution in [0.2, 0.25) is 0 Å². The van der Waals surface area contributed by atoms with Gasteiger partial charge in [0.15, 0.2) is 0 Å². The van der Waals surface area contributed by atoms with Crippen LogP contribution in [0.1, 0.15) is 23.4 Å². The van der Waals surface area contributed by atoms with Crippen LogP contribution in [-0.2, 0) is 23.9 Å². The first kappa shape index (κ1) is 12.0. The Balaban J connectivity index is 2.38. The highest BCUT2D eigenvalue weighted by atomic mass is 19.4. The van der Waals surface area contributed by atoms with Gasteiger partial charge in [0.05, 0.1) is 5.56 Å². The number of hydrogen-bond donors (Lipinski definition) is 1. The largest absolute Gasteiger partial charge is 0.418 e. The Labute approximate surface area is 96.4 Å².